The molecule has 11 aromatic rings. The first-order valence-electron chi connectivity index (χ1n) is 36.1. The Bertz CT molecular complexity index is 5410. The molecule has 1 aliphatic rings. The lowest BCUT2D eigenvalue weighted by Gasteiger charge is -2.21. The van der Waals surface area contributed by atoms with Gasteiger partial charge in [0.15, 0.2) is 23.3 Å². The van der Waals surface area contributed by atoms with Crippen LogP contribution in [0.4, 0.5) is 22.0 Å². The van der Waals surface area contributed by atoms with Gasteiger partial charge in [-0.1, -0.05) is 233 Å². The lowest BCUT2D eigenvalue weighted by molar-refractivity contribution is 0.376. The first-order valence-corrected chi connectivity index (χ1v) is 40.9. The Balaban J connectivity index is 0.000000182. The van der Waals surface area contributed by atoms with E-state index in [0.29, 0.717) is 14.7 Å². The molecule has 108 heavy (non-hydrogen) atoms. The number of methoxy groups -OCH3 is 1. The van der Waals surface area contributed by atoms with Crippen molar-refractivity contribution < 1.29 is 35.1 Å². The summed E-state index contributed by atoms with van der Waals surface area (Å²) in [6.07, 6.45) is 0. The van der Waals surface area contributed by atoms with Gasteiger partial charge in [0.05, 0.1) is 31.5 Å². The molecule has 0 spiro atoms. The molecule has 0 bridgehead atoms. The minimum absolute atomic E-state index is 0.144. The van der Waals surface area contributed by atoms with Crippen molar-refractivity contribution in [2.24, 2.45) is 12.5 Å². The SMILES string of the molecule is CC1=C(C(C)(C)C)c2ccccc2S1(=O)=O.COc1ccc(C#Cc2sc(C)c(C(C)(C)C)c2C)cc1.Cc1c(C(C)(C)C)c2ccccc2n1C.Cc1sc(C#Cc2c(F)c(F)c(F)c(F)c2F)c(C)c1C(C)(C)C.Cc1sc(C#Cc2ccccc2)cc1C(C)(C)C.Cc1sc2ccccc2c1C(C)(C)C. The molecule has 0 N–H and O–H groups in total. The van der Waals surface area contributed by atoms with Crippen LogP contribution in [0.1, 0.15) is 233 Å². The van der Waals surface area contributed by atoms with Gasteiger partial charge in [0.2, 0.25) is 15.7 Å². The highest BCUT2D eigenvalue weighted by Crippen LogP contribution is 2.48. The Morgan fingerprint density at radius 2 is 0.843 bits per heavy atom. The van der Waals surface area contributed by atoms with Gasteiger partial charge in [-0.15, -0.1) is 45.3 Å². The molecule has 4 nitrogen and oxygen atoms in total. The van der Waals surface area contributed by atoms with E-state index in [4.69, 9.17) is 4.74 Å². The Labute approximate surface area is 657 Å². The van der Waals surface area contributed by atoms with Gasteiger partial charge in [-0.2, -0.15) is 0 Å². The number of allylic oxidation sites excluding steroid dienone is 2. The molecular weight excluding hydrogens is 1450 g/mol. The number of hydrogen-bond acceptors (Lipinski definition) is 7. The predicted octanol–water partition coefficient (Wildman–Crippen LogP) is 27.1. The van der Waals surface area contributed by atoms with Crippen LogP contribution in [0.2, 0.25) is 0 Å². The van der Waals surface area contributed by atoms with Crippen LogP contribution in [-0.2, 0) is 44.0 Å². The molecule has 0 saturated heterocycles. The standard InChI is InChI=1S/C19H22OS.C18H15F5S.C17H18S.C14H19N.C13H16O2S.C13H16S/c1-13-17(21-14(2)18(13)19(3,4)5)12-9-15-7-10-16(20-6)11-8-15;1-8-11(24-9(2)12(8)18(3,4)5)7-6-10-13(19)15(21)17(23)16(22)14(10)20;1-13-16(17(2,3)4)12-15(18-13)11-10-14-8-6-5-7-9-14;1-10-13(14(2,3)4)11-8-6-7-9-12(11)15(10)5;1-9-12(13(2,3)4)10-7-5-6-8-11(10)16(9,14)15;1-9-12(13(2,3)4)10-7-5-6-8-11(10)14-9/h7-8,10-11H,1-6H3;1-5H3;5-9,12H,1-4H3;6-9H,1-5H3;5-8H,1-4H3;5-8H,1-4H3. The Morgan fingerprint density at radius 3 is 1.32 bits per heavy atom. The van der Waals surface area contributed by atoms with Crippen molar-refractivity contribution in [1.82, 2.24) is 4.57 Å². The average molecular weight is 1550 g/mol. The zero-order chi connectivity index (χ0) is 80.9. The summed E-state index contributed by atoms with van der Waals surface area (Å²) in [5, 5.41) is 2.83. The zero-order valence-electron chi connectivity index (χ0n) is 68.3. The van der Waals surface area contributed by atoms with Gasteiger partial charge in [-0.25, -0.2) is 30.4 Å². The molecule has 0 fully saturated rings. The van der Waals surface area contributed by atoms with Gasteiger partial charge in [-0.05, 0) is 204 Å². The van der Waals surface area contributed by atoms with Crippen LogP contribution in [0.5, 0.6) is 5.75 Å². The molecule has 0 atom stereocenters. The number of aromatic nitrogens is 1. The lowest BCUT2D eigenvalue weighted by atomic mass is 9.82. The average Bonchev–Trinajstić information content (AvgIpc) is 1.58. The summed E-state index contributed by atoms with van der Waals surface area (Å²) in [5.74, 6) is 8.56. The van der Waals surface area contributed by atoms with Gasteiger partial charge >= 0.3 is 0 Å². The quantitative estimate of drug-likeness (QED) is 0.0712. The third-order valence-electron chi connectivity index (χ3n) is 18.5. The minimum Gasteiger partial charge on any atom is -0.497 e. The fourth-order valence-electron chi connectivity index (χ4n) is 14.2. The molecular formula is C94H106F5NO3S5. The molecule has 12 rings (SSSR count). The van der Waals surface area contributed by atoms with E-state index in [1.807, 2.05) is 133 Å². The van der Waals surface area contributed by atoms with Gasteiger partial charge in [0, 0.05) is 59.0 Å². The van der Waals surface area contributed by atoms with E-state index in [1.165, 1.54) is 85.3 Å². The molecule has 0 aliphatic carbocycles. The number of thiophene rings is 4. The number of hydrogen-bond donors (Lipinski definition) is 0. The first kappa shape index (κ1) is 87.0. The highest BCUT2D eigenvalue weighted by Gasteiger charge is 2.38. The number of ether oxygens (including phenoxy) is 1. The number of para-hydroxylation sites is 1. The summed E-state index contributed by atoms with van der Waals surface area (Å²) >= 11 is 6.82. The molecule has 6 aromatic carbocycles. The normalized spacial score (nSPS) is 12.6. The number of nitrogens with zero attached hydrogens (tertiary/aromatic N) is 1. The summed E-state index contributed by atoms with van der Waals surface area (Å²) in [6, 6.07) is 44.8. The molecule has 1 aliphatic heterocycles. The third kappa shape index (κ3) is 20.4. The molecule has 14 heteroatoms. The third-order valence-corrected chi connectivity index (χ3v) is 24.8. The Morgan fingerprint density at radius 1 is 0.407 bits per heavy atom. The zero-order valence-corrected chi connectivity index (χ0v) is 72.4. The maximum atomic E-state index is 13.7. The van der Waals surface area contributed by atoms with Crippen molar-refractivity contribution in [2.75, 3.05) is 7.11 Å². The van der Waals surface area contributed by atoms with E-state index in [0.717, 1.165) is 48.9 Å². The number of benzene rings is 6. The molecule has 5 aromatic heterocycles. The Hall–Kier alpha value is -8.26. The van der Waals surface area contributed by atoms with Gasteiger partial charge < -0.3 is 9.30 Å². The highest BCUT2D eigenvalue weighted by molar-refractivity contribution is 7.95. The molecule has 570 valence electrons. The van der Waals surface area contributed by atoms with E-state index in [2.05, 4.69) is 219 Å². The van der Waals surface area contributed by atoms with Crippen LogP contribution in [0.3, 0.4) is 0 Å². The van der Waals surface area contributed by atoms with Crippen molar-refractivity contribution in [1.29, 1.82) is 0 Å². The van der Waals surface area contributed by atoms with Crippen molar-refractivity contribution in [3.63, 3.8) is 0 Å². The van der Waals surface area contributed by atoms with Crippen LogP contribution in [0.15, 0.2) is 143 Å². The fraction of sp³-hybridized carbons (Fsp3) is 0.362. The number of aryl methyl sites for hydroxylation is 5. The van der Waals surface area contributed by atoms with Crippen molar-refractivity contribution in [3.05, 3.63) is 268 Å². The second-order valence-corrected chi connectivity index (χ2v) is 40.4. The minimum atomic E-state index is -3.24. The number of sulfone groups is 1. The second-order valence-electron chi connectivity index (χ2n) is 33.3. The van der Waals surface area contributed by atoms with E-state index in [-0.39, 0.29) is 32.5 Å². The van der Waals surface area contributed by atoms with Crippen LogP contribution in [0, 0.1) is 118 Å². The molecule has 6 heterocycles. The van der Waals surface area contributed by atoms with E-state index in [9.17, 15) is 30.4 Å². The molecule has 0 unspecified atom stereocenters. The van der Waals surface area contributed by atoms with Gasteiger partial charge in [0.1, 0.15) is 11.3 Å². The van der Waals surface area contributed by atoms with Gasteiger partial charge in [0.25, 0.3) is 0 Å². The summed E-state index contributed by atoms with van der Waals surface area (Å²) in [6.45, 7) is 55.8. The number of fused-ring (bicyclic) bond motifs is 3. The number of rotatable bonds is 1. The van der Waals surface area contributed by atoms with Crippen LogP contribution in [0.25, 0.3) is 26.6 Å². The maximum absolute atomic E-state index is 13.7. The Kier molecular flexibility index (Phi) is 27.7. The largest absolute Gasteiger partial charge is 0.497 e. The lowest BCUT2D eigenvalue weighted by Crippen LogP contribution is -2.12. The summed E-state index contributed by atoms with van der Waals surface area (Å²) < 4.78 is 100.0. The topological polar surface area (TPSA) is 48.3 Å². The summed E-state index contributed by atoms with van der Waals surface area (Å²) in [5.41, 5.74) is 15.1. The number of halogens is 5. The van der Waals surface area contributed by atoms with Crippen LogP contribution < -0.4 is 4.74 Å². The van der Waals surface area contributed by atoms with Crippen molar-refractivity contribution in [2.45, 2.75) is 212 Å². The maximum Gasteiger partial charge on any atom is 0.203 e. The second kappa shape index (κ2) is 34.3. The summed E-state index contributed by atoms with van der Waals surface area (Å²) in [7, 11) is 0.582. The fourth-order valence-corrected chi connectivity index (χ4v) is 20.8. The first-order chi connectivity index (χ1) is 49.9. The molecule has 0 radical (unpaired) electrons. The highest BCUT2D eigenvalue weighted by atomic mass is 32.2. The molecule has 0 amide bonds. The molecule has 0 saturated carbocycles. The van der Waals surface area contributed by atoms with E-state index in [1.54, 1.807) is 48.8 Å². The van der Waals surface area contributed by atoms with Crippen LogP contribution >= 0.6 is 45.3 Å². The van der Waals surface area contributed by atoms with Gasteiger partial charge in [-0.3, -0.25) is 0 Å². The smallest absolute Gasteiger partial charge is 0.203 e. The predicted molar refractivity (Wildman–Crippen MR) is 454 cm³/mol. The van der Waals surface area contributed by atoms with Crippen molar-refractivity contribution >= 4 is 81.7 Å². The van der Waals surface area contributed by atoms with E-state index >= 15 is 0 Å². The van der Waals surface area contributed by atoms with Crippen LogP contribution in [-0.4, -0.2) is 20.1 Å². The summed E-state index contributed by atoms with van der Waals surface area (Å²) in [4.78, 5) is 9.04. The van der Waals surface area contributed by atoms with E-state index < -0.39 is 44.5 Å². The van der Waals surface area contributed by atoms with Crippen molar-refractivity contribution in [3.8, 4) is 41.3 Å². The monoisotopic (exact) mass is 1550 g/mol.